The molecule has 126 valence electrons. The summed E-state index contributed by atoms with van der Waals surface area (Å²) in [6, 6.07) is 11.7. The van der Waals surface area contributed by atoms with E-state index in [0.717, 1.165) is 5.69 Å². The molecule has 0 saturated carbocycles. The Bertz CT molecular complexity index is 767. The molecule has 0 unspecified atom stereocenters. The smallest absolute Gasteiger partial charge is 0.271 e. The molecule has 6 nitrogen and oxygen atoms in total. The molecule has 0 fully saturated rings. The van der Waals surface area contributed by atoms with Gasteiger partial charge in [0.25, 0.3) is 5.69 Å². The number of halogens is 1. The van der Waals surface area contributed by atoms with Gasteiger partial charge in [-0.25, -0.2) is 0 Å². The lowest BCUT2D eigenvalue weighted by Crippen LogP contribution is -2.37. The zero-order valence-corrected chi connectivity index (χ0v) is 14.8. The molecule has 0 aromatic heterocycles. The third-order valence-electron chi connectivity index (χ3n) is 3.66. The maximum atomic E-state index is 10.7. The summed E-state index contributed by atoms with van der Waals surface area (Å²) < 4.78 is 0. The zero-order chi connectivity index (χ0) is 17.9. The predicted octanol–water partition coefficient (Wildman–Crippen LogP) is 5.90. The number of azo groups is 1. The molecule has 0 atom stereocenters. The first-order chi connectivity index (χ1) is 11.2. The number of anilines is 1. The van der Waals surface area contributed by atoms with Gasteiger partial charge in [-0.2, -0.15) is 5.11 Å². The number of hydrogen-bond donors (Lipinski definition) is 0. The molecule has 2 rings (SSSR count). The molecule has 0 bridgehead atoms. The molecule has 0 spiro atoms. The zero-order valence-electron chi connectivity index (χ0n) is 14.0. The van der Waals surface area contributed by atoms with E-state index >= 15 is 0 Å². The van der Waals surface area contributed by atoms with Gasteiger partial charge in [0.15, 0.2) is 0 Å². The third-order valence-corrected chi connectivity index (χ3v) is 3.96. The van der Waals surface area contributed by atoms with Crippen molar-refractivity contribution < 1.29 is 4.92 Å². The van der Waals surface area contributed by atoms with Crippen molar-refractivity contribution in [3.63, 3.8) is 0 Å². The standard InChI is InChI=1S/C17H19ClN4O2/c1-17(2,3)21(4)13-7-5-12(6-8-13)19-20-16-10-9-14(22(23)24)11-15(16)18/h5-11H,1-4H3/b20-19+. The van der Waals surface area contributed by atoms with E-state index in [1.54, 1.807) is 0 Å². The first kappa shape index (κ1) is 17.9. The number of benzene rings is 2. The first-order valence-electron chi connectivity index (χ1n) is 7.38. The van der Waals surface area contributed by atoms with Crippen LogP contribution in [0.2, 0.25) is 5.02 Å². The molecule has 7 heteroatoms. The van der Waals surface area contributed by atoms with Crippen LogP contribution in [0.1, 0.15) is 20.8 Å². The molecular formula is C17H19ClN4O2. The summed E-state index contributed by atoms with van der Waals surface area (Å²) in [5, 5.41) is 19.1. The molecule has 0 radical (unpaired) electrons. The highest BCUT2D eigenvalue weighted by molar-refractivity contribution is 6.33. The summed E-state index contributed by atoms with van der Waals surface area (Å²) in [5.74, 6) is 0. The fraction of sp³-hybridized carbons (Fsp3) is 0.294. The Labute approximate surface area is 145 Å². The molecular weight excluding hydrogens is 328 g/mol. The lowest BCUT2D eigenvalue weighted by atomic mass is 10.1. The van der Waals surface area contributed by atoms with Crippen LogP contribution in [0.4, 0.5) is 22.7 Å². The van der Waals surface area contributed by atoms with Gasteiger partial charge in [-0.1, -0.05) is 11.6 Å². The van der Waals surface area contributed by atoms with Crippen molar-refractivity contribution in [1.29, 1.82) is 0 Å². The first-order valence-corrected chi connectivity index (χ1v) is 7.76. The van der Waals surface area contributed by atoms with Crippen molar-refractivity contribution in [1.82, 2.24) is 0 Å². The van der Waals surface area contributed by atoms with Crippen molar-refractivity contribution in [3.05, 3.63) is 57.6 Å². The Hall–Kier alpha value is -2.47. The van der Waals surface area contributed by atoms with Crippen LogP contribution in [0.15, 0.2) is 52.7 Å². The summed E-state index contributed by atoms with van der Waals surface area (Å²) in [4.78, 5) is 12.4. The Morgan fingerprint density at radius 2 is 1.71 bits per heavy atom. The molecule has 24 heavy (non-hydrogen) atoms. The second-order valence-corrected chi connectivity index (χ2v) is 6.75. The van der Waals surface area contributed by atoms with E-state index in [1.807, 2.05) is 31.3 Å². The van der Waals surface area contributed by atoms with Crippen molar-refractivity contribution >= 4 is 34.4 Å². The highest BCUT2D eigenvalue weighted by atomic mass is 35.5. The van der Waals surface area contributed by atoms with E-state index < -0.39 is 4.92 Å². The maximum Gasteiger partial charge on any atom is 0.271 e. The number of rotatable bonds is 4. The summed E-state index contributed by atoms with van der Waals surface area (Å²) in [5.41, 5.74) is 2.09. The number of non-ortho nitro benzene ring substituents is 1. The Morgan fingerprint density at radius 1 is 1.08 bits per heavy atom. The van der Waals surface area contributed by atoms with Crippen LogP contribution in [0.25, 0.3) is 0 Å². The van der Waals surface area contributed by atoms with Crippen LogP contribution < -0.4 is 4.90 Å². The maximum absolute atomic E-state index is 10.7. The molecule has 0 aliphatic heterocycles. The normalized spacial score (nSPS) is 11.7. The van der Waals surface area contributed by atoms with Gasteiger partial charge in [0, 0.05) is 30.4 Å². The number of nitrogens with zero attached hydrogens (tertiary/aromatic N) is 4. The number of nitro benzene ring substituents is 1. The van der Waals surface area contributed by atoms with Crippen LogP contribution in [0, 0.1) is 10.1 Å². The van der Waals surface area contributed by atoms with Crippen molar-refractivity contribution in [2.75, 3.05) is 11.9 Å². The van der Waals surface area contributed by atoms with Gasteiger partial charge < -0.3 is 4.90 Å². The number of hydrogen-bond acceptors (Lipinski definition) is 5. The fourth-order valence-electron chi connectivity index (χ4n) is 1.93. The quantitative estimate of drug-likeness (QED) is 0.393. The van der Waals surface area contributed by atoms with Gasteiger partial charge in [-0.05, 0) is 51.1 Å². The molecule has 0 amide bonds. The average Bonchev–Trinajstić information content (AvgIpc) is 2.52. The molecule has 2 aromatic carbocycles. The summed E-state index contributed by atoms with van der Waals surface area (Å²) in [7, 11) is 2.03. The van der Waals surface area contributed by atoms with Gasteiger partial charge in [-0.15, -0.1) is 5.11 Å². The topological polar surface area (TPSA) is 71.1 Å². The van der Waals surface area contributed by atoms with Crippen LogP contribution in [0.3, 0.4) is 0 Å². The molecule has 2 aromatic rings. The molecule has 0 saturated heterocycles. The monoisotopic (exact) mass is 346 g/mol. The second kappa shape index (κ2) is 6.97. The Balaban J connectivity index is 2.17. The van der Waals surface area contributed by atoms with Crippen molar-refractivity contribution in [2.45, 2.75) is 26.3 Å². The van der Waals surface area contributed by atoms with Gasteiger partial charge in [-0.3, -0.25) is 10.1 Å². The summed E-state index contributed by atoms with van der Waals surface area (Å²) in [6.45, 7) is 6.41. The number of nitro groups is 1. The van der Waals surface area contributed by atoms with Gasteiger partial charge in [0.2, 0.25) is 0 Å². The van der Waals surface area contributed by atoms with E-state index in [4.69, 9.17) is 11.6 Å². The van der Waals surface area contributed by atoms with Crippen molar-refractivity contribution in [2.24, 2.45) is 10.2 Å². The lowest BCUT2D eigenvalue weighted by Gasteiger charge is -2.34. The van der Waals surface area contributed by atoms with E-state index in [-0.39, 0.29) is 16.2 Å². The van der Waals surface area contributed by atoms with Crippen LogP contribution in [-0.2, 0) is 0 Å². The van der Waals surface area contributed by atoms with Crippen LogP contribution >= 0.6 is 11.6 Å². The van der Waals surface area contributed by atoms with Gasteiger partial charge >= 0.3 is 0 Å². The van der Waals surface area contributed by atoms with Gasteiger partial charge in [0.05, 0.1) is 15.6 Å². The minimum atomic E-state index is -0.503. The Morgan fingerprint density at radius 3 is 2.21 bits per heavy atom. The molecule has 0 aliphatic carbocycles. The fourth-order valence-corrected chi connectivity index (χ4v) is 2.14. The second-order valence-electron chi connectivity index (χ2n) is 6.34. The van der Waals surface area contributed by atoms with Crippen LogP contribution in [-0.4, -0.2) is 17.5 Å². The SMILES string of the molecule is CN(c1ccc(/N=N/c2ccc([N+](=O)[O-])cc2Cl)cc1)C(C)(C)C. The van der Waals surface area contributed by atoms with E-state index in [0.29, 0.717) is 11.4 Å². The summed E-state index contributed by atoms with van der Waals surface area (Å²) >= 11 is 5.99. The van der Waals surface area contributed by atoms with E-state index in [1.165, 1.54) is 18.2 Å². The Kier molecular flexibility index (Phi) is 5.19. The molecule has 0 aliphatic rings. The summed E-state index contributed by atoms with van der Waals surface area (Å²) in [6.07, 6.45) is 0. The largest absolute Gasteiger partial charge is 0.370 e. The molecule has 0 N–H and O–H groups in total. The highest BCUT2D eigenvalue weighted by Crippen LogP contribution is 2.31. The lowest BCUT2D eigenvalue weighted by molar-refractivity contribution is -0.384. The van der Waals surface area contributed by atoms with Gasteiger partial charge in [0.1, 0.15) is 5.69 Å². The third kappa shape index (κ3) is 4.29. The average molecular weight is 347 g/mol. The van der Waals surface area contributed by atoms with E-state index in [2.05, 4.69) is 35.9 Å². The highest BCUT2D eigenvalue weighted by Gasteiger charge is 2.17. The minimum absolute atomic E-state index is 0.0231. The van der Waals surface area contributed by atoms with Crippen molar-refractivity contribution in [3.8, 4) is 0 Å². The minimum Gasteiger partial charge on any atom is -0.370 e. The molecule has 0 heterocycles. The van der Waals surface area contributed by atoms with Crippen LogP contribution in [0.5, 0.6) is 0 Å². The van der Waals surface area contributed by atoms with E-state index in [9.17, 15) is 10.1 Å². The predicted molar refractivity (Wildman–Crippen MR) is 96.9 cm³/mol.